The summed E-state index contributed by atoms with van der Waals surface area (Å²) in [5, 5.41) is 8.89. The lowest BCUT2D eigenvalue weighted by atomic mass is 10.1. The summed E-state index contributed by atoms with van der Waals surface area (Å²) in [6.45, 7) is 5.97. The van der Waals surface area contributed by atoms with Gasteiger partial charge in [0.05, 0.1) is 23.8 Å². The zero-order valence-electron chi connectivity index (χ0n) is 22.5. The van der Waals surface area contributed by atoms with Crippen LogP contribution in [-0.4, -0.2) is 63.3 Å². The first-order valence-corrected chi connectivity index (χ1v) is 15.2. The number of pyridine rings is 1. The molecule has 5 aromatic rings. The van der Waals surface area contributed by atoms with Gasteiger partial charge in [-0.2, -0.15) is 14.3 Å². The standard InChI is InChI=1S/C30H32N6O3S/c1-23-7-9-25(10-8-23)22-40(37,38)35-21-26(20-31-35)28-5-4-6-30-32-29(33-36(28)30)19-24-11-13-27(14-12-24)39-18-17-34-15-2-3-16-34/h4-14,20-21H,2-3,15-19,22H2,1H3. The van der Waals surface area contributed by atoms with E-state index in [2.05, 4.69) is 10.00 Å². The number of rotatable bonds is 10. The van der Waals surface area contributed by atoms with Gasteiger partial charge in [-0.3, -0.25) is 4.90 Å². The van der Waals surface area contributed by atoms with Crippen molar-refractivity contribution in [2.45, 2.75) is 31.9 Å². The molecule has 0 aliphatic carbocycles. The van der Waals surface area contributed by atoms with Crippen LogP contribution in [0.4, 0.5) is 0 Å². The van der Waals surface area contributed by atoms with Crippen LogP contribution in [0.2, 0.25) is 0 Å². The van der Waals surface area contributed by atoms with E-state index in [0.29, 0.717) is 35.6 Å². The summed E-state index contributed by atoms with van der Waals surface area (Å²) in [5.74, 6) is 1.41. The van der Waals surface area contributed by atoms with Crippen LogP contribution >= 0.6 is 0 Å². The van der Waals surface area contributed by atoms with Gasteiger partial charge in [0.2, 0.25) is 0 Å². The van der Waals surface area contributed by atoms with E-state index in [9.17, 15) is 8.42 Å². The van der Waals surface area contributed by atoms with E-state index < -0.39 is 10.0 Å². The Kier molecular flexibility index (Phi) is 7.36. The number of likely N-dealkylation sites (tertiary alicyclic amines) is 1. The summed E-state index contributed by atoms with van der Waals surface area (Å²) in [5.41, 5.74) is 4.92. The van der Waals surface area contributed by atoms with Crippen LogP contribution in [0.3, 0.4) is 0 Å². The molecule has 0 saturated carbocycles. The Morgan fingerprint density at radius 2 is 1.68 bits per heavy atom. The normalized spacial score (nSPS) is 14.2. The Morgan fingerprint density at radius 3 is 2.45 bits per heavy atom. The van der Waals surface area contributed by atoms with Gasteiger partial charge in [-0.1, -0.05) is 48.0 Å². The topological polar surface area (TPSA) is 94.6 Å². The van der Waals surface area contributed by atoms with Crippen molar-refractivity contribution in [3.63, 3.8) is 0 Å². The minimum Gasteiger partial charge on any atom is -0.492 e. The molecule has 0 unspecified atom stereocenters. The third-order valence-corrected chi connectivity index (χ3v) is 8.64. The Bertz CT molecular complexity index is 1700. The van der Waals surface area contributed by atoms with Gasteiger partial charge in [0.25, 0.3) is 10.0 Å². The fraction of sp³-hybridized carbons (Fsp3) is 0.300. The van der Waals surface area contributed by atoms with Crippen molar-refractivity contribution in [1.82, 2.24) is 28.7 Å². The monoisotopic (exact) mass is 556 g/mol. The van der Waals surface area contributed by atoms with Crippen LogP contribution in [0.1, 0.15) is 35.4 Å². The van der Waals surface area contributed by atoms with E-state index in [1.807, 2.05) is 73.7 Å². The molecule has 0 amide bonds. The van der Waals surface area contributed by atoms with Crippen LogP contribution in [0, 0.1) is 6.92 Å². The number of aromatic nitrogens is 5. The fourth-order valence-electron chi connectivity index (χ4n) is 4.98. The third kappa shape index (κ3) is 5.93. The molecule has 10 heteroatoms. The average Bonchev–Trinajstić information content (AvgIpc) is 3.72. The molecule has 3 aromatic heterocycles. The number of hydrogen-bond acceptors (Lipinski definition) is 7. The maximum absolute atomic E-state index is 13.0. The summed E-state index contributed by atoms with van der Waals surface area (Å²) in [6, 6.07) is 21.2. The molecule has 206 valence electrons. The first-order chi connectivity index (χ1) is 19.4. The predicted molar refractivity (Wildman–Crippen MR) is 154 cm³/mol. The summed E-state index contributed by atoms with van der Waals surface area (Å²) in [6.07, 6.45) is 6.22. The molecule has 0 atom stereocenters. The van der Waals surface area contributed by atoms with Crippen LogP contribution in [0.5, 0.6) is 5.75 Å². The van der Waals surface area contributed by atoms with Crippen LogP contribution in [0.15, 0.2) is 79.1 Å². The predicted octanol–water partition coefficient (Wildman–Crippen LogP) is 4.34. The average molecular weight is 557 g/mol. The molecule has 1 aliphatic heterocycles. The summed E-state index contributed by atoms with van der Waals surface area (Å²) in [7, 11) is -3.67. The molecule has 4 heterocycles. The van der Waals surface area contributed by atoms with Gasteiger partial charge >= 0.3 is 0 Å². The van der Waals surface area contributed by atoms with Crippen LogP contribution in [0.25, 0.3) is 16.9 Å². The van der Waals surface area contributed by atoms with E-state index in [-0.39, 0.29) is 5.75 Å². The molecule has 1 fully saturated rings. The number of aryl methyl sites for hydroxylation is 1. The van der Waals surface area contributed by atoms with Crippen molar-refractivity contribution in [3.05, 3.63) is 102 Å². The van der Waals surface area contributed by atoms with Gasteiger partial charge in [0.1, 0.15) is 12.4 Å². The number of fused-ring (bicyclic) bond motifs is 1. The molecule has 0 spiro atoms. The molecule has 1 saturated heterocycles. The van der Waals surface area contributed by atoms with Gasteiger partial charge in [0.15, 0.2) is 11.5 Å². The lowest BCUT2D eigenvalue weighted by Gasteiger charge is -2.14. The summed E-state index contributed by atoms with van der Waals surface area (Å²) >= 11 is 0. The van der Waals surface area contributed by atoms with Crippen LogP contribution < -0.4 is 4.74 Å². The van der Waals surface area contributed by atoms with E-state index in [0.717, 1.165) is 33.2 Å². The quantitative estimate of drug-likeness (QED) is 0.253. The molecule has 1 aliphatic rings. The highest BCUT2D eigenvalue weighted by Gasteiger charge is 2.18. The van der Waals surface area contributed by atoms with Crippen molar-refractivity contribution >= 4 is 15.7 Å². The maximum atomic E-state index is 13.0. The molecule has 2 aromatic carbocycles. The molecule has 6 rings (SSSR count). The van der Waals surface area contributed by atoms with E-state index in [4.69, 9.17) is 14.8 Å². The van der Waals surface area contributed by atoms with Crippen molar-refractivity contribution in [2.24, 2.45) is 0 Å². The second-order valence-electron chi connectivity index (χ2n) is 10.3. The second kappa shape index (κ2) is 11.2. The van der Waals surface area contributed by atoms with Gasteiger partial charge in [-0.15, -0.1) is 0 Å². The number of benzene rings is 2. The van der Waals surface area contributed by atoms with E-state index in [1.165, 1.54) is 32.1 Å². The van der Waals surface area contributed by atoms with Crippen LogP contribution in [-0.2, 0) is 22.2 Å². The largest absolute Gasteiger partial charge is 0.492 e. The molecule has 0 N–H and O–H groups in total. The van der Waals surface area contributed by atoms with Gasteiger partial charge in [0, 0.05) is 18.5 Å². The Morgan fingerprint density at radius 1 is 0.925 bits per heavy atom. The smallest absolute Gasteiger partial charge is 0.257 e. The highest BCUT2D eigenvalue weighted by Crippen LogP contribution is 2.22. The summed E-state index contributed by atoms with van der Waals surface area (Å²) < 4.78 is 34.7. The van der Waals surface area contributed by atoms with Gasteiger partial charge in [-0.25, -0.2) is 17.9 Å². The molecule has 9 nitrogen and oxygen atoms in total. The Hall–Kier alpha value is -4.02. The molecule has 0 radical (unpaired) electrons. The van der Waals surface area contributed by atoms with Crippen molar-refractivity contribution in [1.29, 1.82) is 0 Å². The highest BCUT2D eigenvalue weighted by atomic mass is 32.2. The maximum Gasteiger partial charge on any atom is 0.257 e. The number of ether oxygens (including phenoxy) is 1. The van der Waals surface area contributed by atoms with Crippen molar-refractivity contribution in [3.8, 4) is 17.0 Å². The van der Waals surface area contributed by atoms with Crippen molar-refractivity contribution in [2.75, 3.05) is 26.2 Å². The molecular weight excluding hydrogens is 524 g/mol. The lowest BCUT2D eigenvalue weighted by Crippen LogP contribution is -2.25. The van der Waals surface area contributed by atoms with Gasteiger partial charge in [-0.05, 0) is 68.2 Å². The molecule has 40 heavy (non-hydrogen) atoms. The van der Waals surface area contributed by atoms with Crippen molar-refractivity contribution < 1.29 is 13.2 Å². The fourth-order valence-corrected chi connectivity index (χ4v) is 6.19. The SMILES string of the molecule is Cc1ccc(CS(=O)(=O)n2cc(-c3cccc4nc(Cc5ccc(OCCN6CCCC6)cc5)nn34)cn2)cc1. The first kappa shape index (κ1) is 26.2. The Labute approximate surface area is 234 Å². The first-order valence-electron chi connectivity index (χ1n) is 13.6. The number of nitrogens with zero attached hydrogens (tertiary/aromatic N) is 6. The zero-order chi connectivity index (χ0) is 27.5. The zero-order valence-corrected chi connectivity index (χ0v) is 23.3. The lowest BCUT2D eigenvalue weighted by molar-refractivity contribution is 0.238. The number of hydrogen-bond donors (Lipinski definition) is 0. The highest BCUT2D eigenvalue weighted by molar-refractivity contribution is 7.89. The summed E-state index contributed by atoms with van der Waals surface area (Å²) in [4.78, 5) is 7.14. The van der Waals surface area contributed by atoms with Gasteiger partial charge < -0.3 is 4.74 Å². The second-order valence-corrected chi connectivity index (χ2v) is 12.1. The minimum absolute atomic E-state index is 0.131. The Balaban J connectivity index is 1.15. The third-order valence-electron chi connectivity index (χ3n) is 7.17. The van der Waals surface area contributed by atoms with E-state index in [1.54, 1.807) is 10.7 Å². The molecular formula is C30H32N6O3S. The minimum atomic E-state index is -3.67. The van der Waals surface area contributed by atoms with E-state index >= 15 is 0 Å². The molecule has 0 bridgehead atoms.